The molecule has 142 valence electrons. The highest BCUT2D eigenvalue weighted by Crippen LogP contribution is 2.23. The van der Waals surface area contributed by atoms with Gasteiger partial charge in [-0.25, -0.2) is 0 Å². The highest BCUT2D eigenvalue weighted by atomic mass is 16.1. The molecule has 0 fully saturated rings. The molecular formula is C23H19N5O. The summed E-state index contributed by atoms with van der Waals surface area (Å²) in [5.41, 5.74) is 4.58. The van der Waals surface area contributed by atoms with Crippen LogP contribution < -0.4 is 5.32 Å². The average Bonchev–Trinajstić information content (AvgIpc) is 3.01. The van der Waals surface area contributed by atoms with Crippen molar-refractivity contribution in [3.05, 3.63) is 89.0 Å². The third kappa shape index (κ3) is 3.58. The monoisotopic (exact) mass is 381 g/mol. The van der Waals surface area contributed by atoms with Crippen molar-refractivity contribution >= 4 is 22.4 Å². The predicted octanol–water partition coefficient (Wildman–Crippen LogP) is 4.22. The van der Waals surface area contributed by atoms with Gasteiger partial charge in [-0.1, -0.05) is 24.3 Å². The lowest BCUT2D eigenvalue weighted by molar-refractivity contribution is 0.102. The van der Waals surface area contributed by atoms with Gasteiger partial charge in [-0.3, -0.25) is 14.5 Å². The molecule has 2 aromatic heterocycles. The first-order valence-electron chi connectivity index (χ1n) is 9.24. The van der Waals surface area contributed by atoms with Gasteiger partial charge in [0.15, 0.2) is 0 Å². The van der Waals surface area contributed by atoms with Crippen LogP contribution >= 0.6 is 0 Å². The number of anilines is 1. The van der Waals surface area contributed by atoms with E-state index in [-0.39, 0.29) is 5.91 Å². The van der Waals surface area contributed by atoms with Crippen molar-refractivity contribution in [1.82, 2.24) is 14.8 Å². The van der Waals surface area contributed by atoms with E-state index in [1.807, 2.05) is 48.9 Å². The van der Waals surface area contributed by atoms with E-state index in [1.54, 1.807) is 30.6 Å². The Hall–Kier alpha value is -3.98. The number of rotatable bonds is 4. The van der Waals surface area contributed by atoms with Gasteiger partial charge in [-0.15, -0.1) is 0 Å². The van der Waals surface area contributed by atoms with Crippen molar-refractivity contribution in [3.8, 4) is 6.07 Å². The fourth-order valence-electron chi connectivity index (χ4n) is 3.38. The zero-order chi connectivity index (χ0) is 20.4. The summed E-state index contributed by atoms with van der Waals surface area (Å²) < 4.78 is 1.86. The Morgan fingerprint density at radius 3 is 2.69 bits per heavy atom. The zero-order valence-electron chi connectivity index (χ0n) is 16.2. The van der Waals surface area contributed by atoms with Crippen LogP contribution in [0.15, 0.2) is 60.9 Å². The number of nitriles is 1. The third-order valence-corrected chi connectivity index (χ3v) is 4.96. The van der Waals surface area contributed by atoms with Crippen molar-refractivity contribution < 1.29 is 4.79 Å². The summed E-state index contributed by atoms with van der Waals surface area (Å²) >= 11 is 0. The molecule has 0 aliphatic heterocycles. The number of nitrogens with zero attached hydrogens (tertiary/aromatic N) is 4. The number of fused-ring (bicyclic) bond motifs is 1. The van der Waals surface area contributed by atoms with Crippen molar-refractivity contribution in [2.45, 2.75) is 20.4 Å². The number of aromatic nitrogens is 3. The van der Waals surface area contributed by atoms with E-state index in [4.69, 9.17) is 5.26 Å². The van der Waals surface area contributed by atoms with Gasteiger partial charge in [-0.05, 0) is 49.1 Å². The highest BCUT2D eigenvalue weighted by molar-refractivity contribution is 6.13. The van der Waals surface area contributed by atoms with Gasteiger partial charge in [0.25, 0.3) is 5.91 Å². The summed E-state index contributed by atoms with van der Waals surface area (Å²) in [5, 5.41) is 18.3. The molecule has 1 N–H and O–H groups in total. The predicted molar refractivity (Wildman–Crippen MR) is 112 cm³/mol. The lowest BCUT2D eigenvalue weighted by Crippen LogP contribution is -2.14. The molecular weight excluding hydrogens is 362 g/mol. The Morgan fingerprint density at radius 1 is 1.14 bits per heavy atom. The number of benzene rings is 2. The zero-order valence-corrected chi connectivity index (χ0v) is 16.2. The molecule has 0 unspecified atom stereocenters. The Labute approximate surface area is 168 Å². The Bertz CT molecular complexity index is 1240. The van der Waals surface area contributed by atoms with E-state index < -0.39 is 0 Å². The first-order valence-corrected chi connectivity index (χ1v) is 9.24. The van der Waals surface area contributed by atoms with Crippen LogP contribution in [0.1, 0.15) is 32.9 Å². The average molecular weight is 381 g/mol. The number of pyridine rings is 1. The lowest BCUT2D eigenvalue weighted by Gasteiger charge is -2.09. The number of carbonyl (C=O) groups is 1. The van der Waals surface area contributed by atoms with E-state index in [0.717, 1.165) is 27.7 Å². The molecule has 0 aliphatic carbocycles. The molecule has 2 heterocycles. The van der Waals surface area contributed by atoms with Crippen molar-refractivity contribution in [1.29, 1.82) is 5.26 Å². The smallest absolute Gasteiger partial charge is 0.256 e. The maximum absolute atomic E-state index is 13.0. The fraction of sp³-hybridized carbons (Fsp3) is 0.130. The number of aryl methyl sites for hydroxylation is 1. The Morgan fingerprint density at radius 2 is 1.93 bits per heavy atom. The van der Waals surface area contributed by atoms with Crippen molar-refractivity contribution in [2.75, 3.05) is 5.32 Å². The second-order valence-electron chi connectivity index (χ2n) is 6.87. The van der Waals surface area contributed by atoms with Crippen molar-refractivity contribution in [2.24, 2.45) is 0 Å². The van der Waals surface area contributed by atoms with Crippen LogP contribution in [0.4, 0.5) is 5.69 Å². The molecule has 4 rings (SSSR count). The minimum Gasteiger partial charge on any atom is -0.319 e. The summed E-state index contributed by atoms with van der Waals surface area (Å²) in [4.78, 5) is 17.1. The molecule has 0 aliphatic rings. The van der Waals surface area contributed by atoms with Gasteiger partial charge in [0.05, 0.1) is 35.3 Å². The van der Waals surface area contributed by atoms with Crippen LogP contribution in [0.5, 0.6) is 0 Å². The van der Waals surface area contributed by atoms with Crippen LogP contribution in [0.3, 0.4) is 0 Å². The standard InChI is InChI=1S/C23H19N5O/c1-15-22(16(2)28(27-15)14-18-8-6-17(12-24)7-9-18)26-23(29)20-5-3-4-19-10-11-25-13-21(19)20/h3-11,13H,14H2,1-2H3,(H,26,29). The minimum absolute atomic E-state index is 0.187. The molecule has 0 spiro atoms. The molecule has 0 saturated heterocycles. The Balaban J connectivity index is 1.60. The van der Waals surface area contributed by atoms with Crippen LogP contribution in [0, 0.1) is 25.2 Å². The molecule has 6 nitrogen and oxygen atoms in total. The van der Waals surface area contributed by atoms with E-state index in [2.05, 4.69) is 21.5 Å². The number of amides is 1. The second kappa shape index (κ2) is 7.56. The van der Waals surface area contributed by atoms with Crippen LogP contribution in [-0.2, 0) is 6.54 Å². The summed E-state index contributed by atoms with van der Waals surface area (Å²) in [6.45, 7) is 4.37. The SMILES string of the molecule is Cc1nn(Cc2ccc(C#N)cc2)c(C)c1NC(=O)c1cccc2ccncc12. The van der Waals surface area contributed by atoms with Crippen LogP contribution in [0.2, 0.25) is 0 Å². The number of hydrogen-bond donors (Lipinski definition) is 1. The number of carbonyl (C=O) groups excluding carboxylic acids is 1. The quantitative estimate of drug-likeness (QED) is 0.574. The number of nitrogens with one attached hydrogen (secondary N) is 1. The van der Waals surface area contributed by atoms with E-state index in [9.17, 15) is 4.79 Å². The molecule has 1 amide bonds. The van der Waals surface area contributed by atoms with E-state index in [1.165, 1.54) is 0 Å². The molecule has 4 aromatic rings. The first kappa shape index (κ1) is 18.4. The van der Waals surface area contributed by atoms with Gasteiger partial charge in [-0.2, -0.15) is 10.4 Å². The first-order chi connectivity index (χ1) is 14.1. The van der Waals surface area contributed by atoms with Crippen LogP contribution in [-0.4, -0.2) is 20.7 Å². The minimum atomic E-state index is -0.187. The molecule has 6 heteroatoms. The molecule has 0 bridgehead atoms. The molecule has 0 radical (unpaired) electrons. The summed E-state index contributed by atoms with van der Waals surface area (Å²) in [6.07, 6.45) is 3.42. The summed E-state index contributed by atoms with van der Waals surface area (Å²) in [7, 11) is 0. The summed E-state index contributed by atoms with van der Waals surface area (Å²) in [5.74, 6) is -0.187. The Kier molecular flexibility index (Phi) is 4.80. The fourth-order valence-corrected chi connectivity index (χ4v) is 3.38. The largest absolute Gasteiger partial charge is 0.319 e. The second-order valence-corrected chi connectivity index (χ2v) is 6.87. The molecule has 0 saturated carbocycles. The molecule has 29 heavy (non-hydrogen) atoms. The number of hydrogen-bond acceptors (Lipinski definition) is 4. The maximum atomic E-state index is 13.0. The maximum Gasteiger partial charge on any atom is 0.256 e. The highest BCUT2D eigenvalue weighted by Gasteiger charge is 2.17. The molecule has 0 atom stereocenters. The summed E-state index contributed by atoms with van der Waals surface area (Å²) in [6, 6.07) is 17.0. The topological polar surface area (TPSA) is 83.6 Å². The van der Waals surface area contributed by atoms with Crippen LogP contribution in [0.25, 0.3) is 10.8 Å². The van der Waals surface area contributed by atoms with Crippen molar-refractivity contribution in [3.63, 3.8) is 0 Å². The van der Waals surface area contributed by atoms with E-state index in [0.29, 0.717) is 23.4 Å². The normalized spacial score (nSPS) is 10.7. The third-order valence-electron chi connectivity index (χ3n) is 4.96. The van der Waals surface area contributed by atoms with E-state index >= 15 is 0 Å². The van der Waals surface area contributed by atoms with Gasteiger partial charge in [0, 0.05) is 23.3 Å². The van der Waals surface area contributed by atoms with Gasteiger partial charge in [0.2, 0.25) is 0 Å². The van der Waals surface area contributed by atoms with Gasteiger partial charge < -0.3 is 5.32 Å². The molecule has 2 aromatic carbocycles. The van der Waals surface area contributed by atoms with Gasteiger partial charge >= 0.3 is 0 Å². The lowest BCUT2D eigenvalue weighted by atomic mass is 10.1. The van der Waals surface area contributed by atoms with Gasteiger partial charge in [0.1, 0.15) is 0 Å².